The van der Waals surface area contributed by atoms with Crippen LogP contribution in [0.25, 0.3) is 0 Å². The van der Waals surface area contributed by atoms with E-state index in [4.69, 9.17) is 0 Å². The summed E-state index contributed by atoms with van der Waals surface area (Å²) in [7, 11) is 3.85. The lowest BCUT2D eigenvalue weighted by Gasteiger charge is -2.09. The molecule has 22 heavy (non-hydrogen) atoms. The number of carbonyl (C=O) groups excluding carboxylic acids is 2. The number of nitrogens with one attached hydrogen (secondary N) is 2. The van der Waals surface area contributed by atoms with Gasteiger partial charge in [-0.25, -0.2) is 4.39 Å². The van der Waals surface area contributed by atoms with E-state index in [1.54, 1.807) is 6.07 Å². The molecule has 120 valence electrons. The van der Waals surface area contributed by atoms with Gasteiger partial charge in [0, 0.05) is 17.4 Å². The molecule has 0 radical (unpaired) electrons. The zero-order chi connectivity index (χ0) is 15.8. The summed E-state index contributed by atoms with van der Waals surface area (Å²) in [6, 6.07) is 5.65. The lowest BCUT2D eigenvalue weighted by molar-refractivity contribution is -0.122. The zero-order valence-corrected chi connectivity index (χ0v) is 13.8. The second kappa shape index (κ2) is 9.05. The van der Waals surface area contributed by atoms with Gasteiger partial charge in [-0.2, -0.15) is 0 Å². The summed E-state index contributed by atoms with van der Waals surface area (Å²) in [6.45, 7) is 0. The molecule has 2 amide bonds. The lowest BCUT2D eigenvalue weighted by atomic mass is 10.1. The van der Waals surface area contributed by atoms with Gasteiger partial charge in [0.15, 0.2) is 0 Å². The van der Waals surface area contributed by atoms with Crippen LogP contribution in [-0.4, -0.2) is 22.8 Å². The van der Waals surface area contributed by atoms with Crippen LogP contribution in [0.4, 0.5) is 4.39 Å². The summed E-state index contributed by atoms with van der Waals surface area (Å²) in [5, 5.41) is 0.716. The predicted molar refractivity (Wildman–Crippen MR) is 88.9 cm³/mol. The van der Waals surface area contributed by atoms with E-state index >= 15 is 0 Å². The van der Waals surface area contributed by atoms with Crippen LogP contribution in [0.15, 0.2) is 24.3 Å². The first-order valence-electron chi connectivity index (χ1n) is 7.29. The van der Waals surface area contributed by atoms with Crippen molar-refractivity contribution in [2.75, 3.05) is 5.75 Å². The molecule has 0 aromatic heterocycles. The molecule has 1 fully saturated rings. The second-order valence-corrected chi connectivity index (χ2v) is 7.84. The number of amides is 2. The highest BCUT2D eigenvalue weighted by molar-refractivity contribution is 8.77. The fraction of sp³-hybridized carbons (Fsp3) is 0.467. The van der Waals surface area contributed by atoms with Gasteiger partial charge >= 0.3 is 0 Å². The SMILES string of the molecule is O=C(CCCCC1CCSS1)NNC(=O)c1ccccc1F. The Balaban J connectivity index is 1.61. The highest BCUT2D eigenvalue weighted by Gasteiger charge is 2.16. The molecule has 1 heterocycles. The first-order valence-corrected chi connectivity index (χ1v) is 9.67. The fourth-order valence-corrected chi connectivity index (χ4v) is 5.15. The van der Waals surface area contributed by atoms with Crippen molar-refractivity contribution in [2.24, 2.45) is 0 Å². The Labute approximate surface area is 137 Å². The van der Waals surface area contributed by atoms with Gasteiger partial charge in [0.25, 0.3) is 5.91 Å². The van der Waals surface area contributed by atoms with E-state index in [-0.39, 0.29) is 11.5 Å². The maximum Gasteiger partial charge on any atom is 0.272 e. The first kappa shape index (κ1) is 17.1. The third-order valence-corrected chi connectivity index (χ3v) is 6.35. The summed E-state index contributed by atoms with van der Waals surface area (Å²) in [6.07, 6.45) is 4.55. The molecular weight excluding hydrogens is 323 g/mol. The van der Waals surface area contributed by atoms with Gasteiger partial charge in [-0.05, 0) is 31.4 Å². The average Bonchev–Trinajstić information content (AvgIpc) is 3.03. The molecule has 1 aliphatic heterocycles. The molecule has 1 unspecified atom stereocenters. The van der Waals surface area contributed by atoms with Crippen molar-refractivity contribution < 1.29 is 14.0 Å². The van der Waals surface area contributed by atoms with Crippen LogP contribution in [0.2, 0.25) is 0 Å². The summed E-state index contributed by atoms with van der Waals surface area (Å²) >= 11 is 0. The summed E-state index contributed by atoms with van der Waals surface area (Å²) in [5.41, 5.74) is 4.47. The number of benzene rings is 1. The molecule has 2 rings (SSSR count). The number of rotatable bonds is 6. The van der Waals surface area contributed by atoms with Crippen LogP contribution in [0.5, 0.6) is 0 Å². The number of hydrogen-bond donors (Lipinski definition) is 2. The smallest absolute Gasteiger partial charge is 0.272 e. The van der Waals surface area contributed by atoms with Crippen LogP contribution in [0, 0.1) is 5.82 Å². The molecule has 7 heteroatoms. The molecule has 0 aliphatic carbocycles. The molecule has 0 spiro atoms. The van der Waals surface area contributed by atoms with Gasteiger partial charge in [0.2, 0.25) is 5.91 Å². The average molecular weight is 342 g/mol. The summed E-state index contributed by atoms with van der Waals surface area (Å²) in [4.78, 5) is 23.3. The second-order valence-electron chi connectivity index (χ2n) is 5.06. The van der Waals surface area contributed by atoms with Gasteiger partial charge in [-0.15, -0.1) is 0 Å². The molecule has 4 nitrogen and oxygen atoms in total. The van der Waals surface area contributed by atoms with E-state index in [1.165, 1.54) is 30.4 Å². The number of hydrogen-bond acceptors (Lipinski definition) is 4. The Morgan fingerprint density at radius 3 is 2.77 bits per heavy atom. The van der Waals surface area contributed by atoms with Crippen molar-refractivity contribution in [2.45, 2.75) is 37.4 Å². The first-order chi connectivity index (χ1) is 10.7. The third kappa shape index (κ3) is 5.53. The largest absolute Gasteiger partial charge is 0.273 e. The Morgan fingerprint density at radius 1 is 1.23 bits per heavy atom. The van der Waals surface area contributed by atoms with Crippen molar-refractivity contribution in [3.8, 4) is 0 Å². The van der Waals surface area contributed by atoms with Gasteiger partial charge in [-0.1, -0.05) is 40.1 Å². The molecule has 0 bridgehead atoms. The molecule has 1 saturated heterocycles. The van der Waals surface area contributed by atoms with Gasteiger partial charge in [0.1, 0.15) is 5.82 Å². The normalized spacial score (nSPS) is 17.2. The van der Waals surface area contributed by atoms with E-state index in [0.717, 1.165) is 19.3 Å². The zero-order valence-electron chi connectivity index (χ0n) is 12.1. The van der Waals surface area contributed by atoms with Crippen molar-refractivity contribution in [1.82, 2.24) is 10.9 Å². The topological polar surface area (TPSA) is 58.2 Å². The predicted octanol–water partition coefficient (Wildman–Crippen LogP) is 3.30. The molecule has 1 aliphatic rings. The highest BCUT2D eigenvalue weighted by Crippen LogP contribution is 2.39. The van der Waals surface area contributed by atoms with Gasteiger partial charge in [-0.3, -0.25) is 20.4 Å². The number of unbranched alkanes of at least 4 members (excludes halogenated alkanes) is 1. The van der Waals surface area contributed by atoms with E-state index < -0.39 is 11.7 Å². The Morgan fingerprint density at radius 2 is 2.05 bits per heavy atom. The lowest BCUT2D eigenvalue weighted by Crippen LogP contribution is -2.41. The minimum Gasteiger partial charge on any atom is -0.273 e. The molecular formula is C15H19FN2O2S2. The molecule has 1 aromatic carbocycles. The minimum atomic E-state index is -0.647. The maximum atomic E-state index is 13.4. The number of halogens is 1. The van der Waals surface area contributed by atoms with E-state index in [9.17, 15) is 14.0 Å². The quantitative estimate of drug-likeness (QED) is 0.473. The van der Waals surface area contributed by atoms with E-state index in [2.05, 4.69) is 10.9 Å². The van der Waals surface area contributed by atoms with Crippen molar-refractivity contribution in [3.63, 3.8) is 0 Å². The van der Waals surface area contributed by atoms with E-state index in [1.807, 2.05) is 21.6 Å². The fourth-order valence-electron chi connectivity index (χ4n) is 2.12. The molecule has 1 aromatic rings. The molecule has 1 atom stereocenters. The Bertz CT molecular complexity index is 522. The van der Waals surface area contributed by atoms with Crippen LogP contribution in [-0.2, 0) is 4.79 Å². The van der Waals surface area contributed by atoms with E-state index in [0.29, 0.717) is 11.7 Å². The summed E-state index contributed by atoms with van der Waals surface area (Å²) < 4.78 is 13.4. The minimum absolute atomic E-state index is 0.0847. The standard InChI is InChI=1S/C15H19FN2O2S2/c16-13-7-3-2-6-12(13)15(20)18-17-14(19)8-4-1-5-11-9-10-21-22-11/h2-3,6-7,11H,1,4-5,8-10H2,(H,17,19)(H,18,20). The highest BCUT2D eigenvalue weighted by atomic mass is 33.1. The Hall–Kier alpha value is -1.21. The van der Waals surface area contributed by atoms with Crippen molar-refractivity contribution in [3.05, 3.63) is 35.6 Å². The van der Waals surface area contributed by atoms with Crippen molar-refractivity contribution >= 4 is 33.4 Å². The van der Waals surface area contributed by atoms with Crippen molar-refractivity contribution in [1.29, 1.82) is 0 Å². The van der Waals surface area contributed by atoms with Crippen LogP contribution < -0.4 is 10.9 Å². The maximum absolute atomic E-state index is 13.4. The van der Waals surface area contributed by atoms with Crippen LogP contribution in [0.3, 0.4) is 0 Å². The molecule has 2 N–H and O–H groups in total. The van der Waals surface area contributed by atoms with Gasteiger partial charge < -0.3 is 0 Å². The van der Waals surface area contributed by atoms with Gasteiger partial charge in [0.05, 0.1) is 5.56 Å². The Kier molecular flexibility index (Phi) is 7.05. The van der Waals surface area contributed by atoms with Crippen LogP contribution in [0.1, 0.15) is 42.5 Å². The number of carbonyl (C=O) groups is 2. The summed E-state index contributed by atoms with van der Waals surface area (Å²) in [5.74, 6) is -0.289. The third-order valence-electron chi connectivity index (χ3n) is 3.34. The van der Waals surface area contributed by atoms with Crippen LogP contribution >= 0.6 is 21.6 Å². The number of hydrazine groups is 1. The molecule has 0 saturated carbocycles. The monoisotopic (exact) mass is 342 g/mol.